The van der Waals surface area contributed by atoms with Crippen LogP contribution in [0.5, 0.6) is 0 Å². The van der Waals surface area contributed by atoms with Crippen molar-refractivity contribution in [3.63, 3.8) is 0 Å². The van der Waals surface area contributed by atoms with E-state index < -0.39 is 30.1 Å². The molecule has 3 aromatic rings. The standard InChI is InChI=1S/C23H30F2N6O3S/c1-10(34-5)9-27-22-28-11(2)16(21-30-17-12(3)26-7-6-15(17)35-21)20(31-22)29-14-8-13(23(4,24)25)18(32)19(14)33/h6-7,10,13-14,18-19,32-33H,8-9H2,1-5H3,(H2,27,28,29,31)/t10-,13-,14+,18+,19-/m0/s1. The molecule has 0 spiro atoms. The molecule has 190 valence electrons. The van der Waals surface area contributed by atoms with Gasteiger partial charge in [-0.1, -0.05) is 0 Å². The molecule has 0 saturated heterocycles. The molecule has 4 N–H and O–H groups in total. The number of anilines is 2. The van der Waals surface area contributed by atoms with Gasteiger partial charge in [-0.05, 0) is 40.2 Å². The minimum absolute atomic E-state index is 0.0888. The smallest absolute Gasteiger partial charge is 0.250 e. The van der Waals surface area contributed by atoms with Gasteiger partial charge < -0.3 is 25.6 Å². The Kier molecular flexibility index (Phi) is 7.18. The van der Waals surface area contributed by atoms with Gasteiger partial charge in [0.15, 0.2) is 0 Å². The first kappa shape index (κ1) is 25.5. The normalized spacial score (nSPS) is 23.6. The van der Waals surface area contributed by atoms with Crippen molar-refractivity contribution in [2.24, 2.45) is 5.92 Å². The van der Waals surface area contributed by atoms with Crippen molar-refractivity contribution < 1.29 is 23.7 Å². The summed E-state index contributed by atoms with van der Waals surface area (Å²) >= 11 is 1.44. The number of nitrogens with zero attached hydrogens (tertiary/aromatic N) is 4. The molecule has 35 heavy (non-hydrogen) atoms. The zero-order chi connectivity index (χ0) is 25.5. The average molecular weight is 509 g/mol. The van der Waals surface area contributed by atoms with Crippen molar-refractivity contribution in [1.29, 1.82) is 0 Å². The zero-order valence-electron chi connectivity index (χ0n) is 20.2. The van der Waals surface area contributed by atoms with Crippen LogP contribution in [-0.2, 0) is 4.74 Å². The number of rotatable bonds is 8. The number of ether oxygens (including phenoxy) is 1. The molecule has 1 saturated carbocycles. The van der Waals surface area contributed by atoms with E-state index in [4.69, 9.17) is 9.72 Å². The molecular formula is C23H30F2N6O3S. The summed E-state index contributed by atoms with van der Waals surface area (Å²) in [5, 5.41) is 27.7. The lowest BCUT2D eigenvalue weighted by Gasteiger charge is -2.22. The van der Waals surface area contributed by atoms with Crippen molar-refractivity contribution in [2.45, 2.75) is 64.4 Å². The van der Waals surface area contributed by atoms with Crippen LogP contribution < -0.4 is 10.6 Å². The highest BCUT2D eigenvalue weighted by Crippen LogP contribution is 2.41. The maximum atomic E-state index is 14.0. The molecule has 4 rings (SSSR count). The van der Waals surface area contributed by atoms with E-state index in [1.165, 1.54) is 11.3 Å². The van der Waals surface area contributed by atoms with Crippen LogP contribution >= 0.6 is 11.3 Å². The highest BCUT2D eigenvalue weighted by molar-refractivity contribution is 7.21. The van der Waals surface area contributed by atoms with Crippen LogP contribution in [0.2, 0.25) is 0 Å². The molecule has 3 heterocycles. The van der Waals surface area contributed by atoms with Gasteiger partial charge in [-0.2, -0.15) is 4.98 Å². The summed E-state index contributed by atoms with van der Waals surface area (Å²) in [6, 6.07) is 1.04. The third kappa shape index (κ3) is 5.20. The minimum Gasteiger partial charge on any atom is -0.390 e. The second-order valence-corrected chi connectivity index (χ2v) is 10.1. The lowest BCUT2D eigenvalue weighted by molar-refractivity contribution is -0.0950. The van der Waals surface area contributed by atoms with E-state index in [0.29, 0.717) is 34.6 Å². The Morgan fingerprint density at radius 1 is 1.20 bits per heavy atom. The van der Waals surface area contributed by atoms with Gasteiger partial charge in [0.1, 0.15) is 22.4 Å². The number of halogens is 2. The summed E-state index contributed by atoms with van der Waals surface area (Å²) in [4.78, 5) is 18.2. The van der Waals surface area contributed by atoms with Crippen molar-refractivity contribution in [3.05, 3.63) is 23.7 Å². The fraction of sp³-hybridized carbons (Fsp3) is 0.565. The number of aromatic nitrogens is 4. The molecule has 12 heteroatoms. The largest absolute Gasteiger partial charge is 0.390 e. The van der Waals surface area contributed by atoms with E-state index in [1.807, 2.05) is 26.8 Å². The number of fused-ring (bicyclic) bond motifs is 1. The second kappa shape index (κ2) is 9.84. The summed E-state index contributed by atoms with van der Waals surface area (Å²) in [7, 11) is 1.60. The molecule has 1 fully saturated rings. The first-order valence-corrected chi connectivity index (χ1v) is 12.2. The van der Waals surface area contributed by atoms with Gasteiger partial charge in [0.25, 0.3) is 5.92 Å². The van der Waals surface area contributed by atoms with Crippen molar-refractivity contribution in [2.75, 3.05) is 24.3 Å². The predicted molar refractivity (Wildman–Crippen MR) is 131 cm³/mol. The topological polar surface area (TPSA) is 125 Å². The Labute approximate surface area is 206 Å². The van der Waals surface area contributed by atoms with E-state index in [9.17, 15) is 19.0 Å². The molecule has 0 aliphatic heterocycles. The molecule has 0 bridgehead atoms. The molecular weight excluding hydrogens is 478 g/mol. The first-order valence-electron chi connectivity index (χ1n) is 11.4. The summed E-state index contributed by atoms with van der Waals surface area (Å²) < 4.78 is 34.3. The Morgan fingerprint density at radius 3 is 2.57 bits per heavy atom. The van der Waals surface area contributed by atoms with Crippen LogP contribution in [0.15, 0.2) is 12.3 Å². The van der Waals surface area contributed by atoms with Gasteiger partial charge in [-0.25, -0.2) is 18.7 Å². The molecule has 0 unspecified atom stereocenters. The third-order valence-corrected chi connectivity index (χ3v) is 7.44. The monoisotopic (exact) mass is 508 g/mol. The molecule has 9 nitrogen and oxygen atoms in total. The van der Waals surface area contributed by atoms with Crippen molar-refractivity contribution in [1.82, 2.24) is 19.9 Å². The number of thiazole rings is 1. The van der Waals surface area contributed by atoms with E-state index >= 15 is 0 Å². The van der Waals surface area contributed by atoms with Gasteiger partial charge in [0, 0.05) is 19.9 Å². The Morgan fingerprint density at radius 2 is 1.94 bits per heavy atom. The molecule has 1 aliphatic carbocycles. The molecule has 5 atom stereocenters. The Balaban J connectivity index is 1.75. The highest BCUT2D eigenvalue weighted by atomic mass is 32.1. The number of hydrogen-bond acceptors (Lipinski definition) is 10. The first-order chi connectivity index (χ1) is 16.5. The Hall–Kier alpha value is -2.54. The molecule has 1 aliphatic rings. The van der Waals surface area contributed by atoms with Crippen LogP contribution in [0.25, 0.3) is 20.8 Å². The quantitative estimate of drug-likeness (QED) is 0.362. The highest BCUT2D eigenvalue weighted by Gasteiger charge is 2.51. The number of hydrogen-bond donors (Lipinski definition) is 4. The zero-order valence-corrected chi connectivity index (χ0v) is 21.0. The average Bonchev–Trinajstić information content (AvgIpc) is 3.34. The third-order valence-electron chi connectivity index (χ3n) is 6.40. The van der Waals surface area contributed by atoms with Gasteiger partial charge in [0.05, 0.1) is 45.8 Å². The van der Waals surface area contributed by atoms with Crippen LogP contribution in [0.4, 0.5) is 20.5 Å². The fourth-order valence-corrected chi connectivity index (χ4v) is 5.39. The number of methoxy groups -OCH3 is 1. The van der Waals surface area contributed by atoms with Crippen LogP contribution in [0.1, 0.15) is 31.7 Å². The van der Waals surface area contributed by atoms with Crippen LogP contribution in [0, 0.1) is 19.8 Å². The molecule has 0 amide bonds. The summed E-state index contributed by atoms with van der Waals surface area (Å²) in [5.41, 5.74) is 2.76. The van der Waals surface area contributed by atoms with Crippen molar-refractivity contribution >= 4 is 33.3 Å². The predicted octanol–water partition coefficient (Wildman–Crippen LogP) is 3.39. The maximum absolute atomic E-state index is 14.0. The number of aryl methyl sites for hydroxylation is 2. The number of pyridine rings is 1. The van der Waals surface area contributed by atoms with Crippen molar-refractivity contribution in [3.8, 4) is 10.6 Å². The SMILES string of the molecule is CO[C@@H](C)CNc1nc(C)c(-c2nc3c(C)nccc3s2)c(N[C@@H]2C[C@H](C(C)(F)F)[C@@H](O)[C@H]2O)n1. The van der Waals surface area contributed by atoms with Gasteiger partial charge >= 0.3 is 0 Å². The fourth-order valence-electron chi connectivity index (χ4n) is 4.27. The summed E-state index contributed by atoms with van der Waals surface area (Å²) in [5.74, 6) is -3.85. The lowest BCUT2D eigenvalue weighted by Crippen LogP contribution is -2.38. The van der Waals surface area contributed by atoms with Crippen LogP contribution in [-0.4, -0.2) is 74.1 Å². The molecule has 0 aromatic carbocycles. The molecule has 3 aromatic heterocycles. The van der Waals surface area contributed by atoms with Crippen LogP contribution in [0.3, 0.4) is 0 Å². The summed E-state index contributed by atoms with van der Waals surface area (Å²) in [6.45, 7) is 6.79. The lowest BCUT2D eigenvalue weighted by atomic mass is 9.98. The van der Waals surface area contributed by atoms with Gasteiger partial charge in [-0.3, -0.25) is 4.98 Å². The number of nitrogens with one attached hydrogen (secondary N) is 2. The van der Waals surface area contributed by atoms with Gasteiger partial charge in [-0.15, -0.1) is 11.3 Å². The number of aliphatic hydroxyl groups is 2. The second-order valence-electron chi connectivity index (χ2n) is 9.08. The minimum atomic E-state index is -3.14. The summed E-state index contributed by atoms with van der Waals surface area (Å²) in [6.07, 6.45) is -1.45. The van der Waals surface area contributed by atoms with E-state index in [-0.39, 0.29) is 12.5 Å². The van der Waals surface area contributed by atoms with E-state index in [1.54, 1.807) is 13.3 Å². The maximum Gasteiger partial charge on any atom is 0.250 e. The van der Waals surface area contributed by atoms with E-state index in [2.05, 4.69) is 25.6 Å². The number of aliphatic hydroxyl groups excluding tert-OH is 2. The van der Waals surface area contributed by atoms with Gasteiger partial charge in [0.2, 0.25) is 5.95 Å². The Bertz CT molecular complexity index is 1200. The molecule has 0 radical (unpaired) electrons. The number of alkyl halides is 2. The van der Waals surface area contributed by atoms with E-state index in [0.717, 1.165) is 22.8 Å².